The molecule has 0 spiro atoms. The SMILES string of the molecule is FC(OC(F)=C(F)C(F)(F)C(F)=C(F)C(F)(F)F)=C(F)C(F)(F)C(F)=C(F)C(F)(F)F. The Morgan fingerprint density at radius 2 is 0.581 bits per heavy atom. The van der Waals surface area contributed by atoms with Crippen molar-refractivity contribution in [2.75, 3.05) is 0 Å². The van der Waals surface area contributed by atoms with Crippen LogP contribution in [0.4, 0.5) is 79.0 Å². The molecule has 0 amide bonds. The first-order valence-corrected chi connectivity index (χ1v) is 6.31. The first-order chi connectivity index (χ1) is 13.5. The molecule has 0 rings (SSSR count). The van der Waals surface area contributed by atoms with Gasteiger partial charge in [0.25, 0.3) is 0 Å². The minimum absolute atomic E-state index is 2.31. The van der Waals surface area contributed by atoms with Crippen LogP contribution >= 0.6 is 0 Å². The monoisotopic (exact) mass is 502 g/mol. The van der Waals surface area contributed by atoms with E-state index in [4.69, 9.17) is 0 Å². The Labute approximate surface area is 156 Å². The highest BCUT2D eigenvalue weighted by Crippen LogP contribution is 2.45. The van der Waals surface area contributed by atoms with Gasteiger partial charge in [-0.1, -0.05) is 0 Å². The summed E-state index contributed by atoms with van der Waals surface area (Å²) in [6.45, 7) is 0. The van der Waals surface area contributed by atoms with E-state index in [-0.39, 0.29) is 0 Å². The molecule has 0 aromatic carbocycles. The lowest BCUT2D eigenvalue weighted by atomic mass is 10.2. The van der Waals surface area contributed by atoms with E-state index < -0.39 is 71.2 Å². The minimum Gasteiger partial charge on any atom is -0.400 e. The second-order valence-corrected chi connectivity index (χ2v) is 4.68. The van der Waals surface area contributed by atoms with Crippen LogP contribution in [0.1, 0.15) is 0 Å². The number of hydrogen-bond donors (Lipinski definition) is 0. The second-order valence-electron chi connectivity index (χ2n) is 4.68. The van der Waals surface area contributed by atoms with Crippen molar-refractivity contribution >= 4 is 0 Å². The van der Waals surface area contributed by atoms with Crippen molar-refractivity contribution in [1.29, 1.82) is 0 Å². The Morgan fingerprint density at radius 1 is 0.355 bits per heavy atom. The van der Waals surface area contributed by atoms with Crippen molar-refractivity contribution in [3.05, 3.63) is 47.0 Å². The zero-order valence-corrected chi connectivity index (χ0v) is 13.2. The van der Waals surface area contributed by atoms with Gasteiger partial charge in [-0.3, -0.25) is 0 Å². The summed E-state index contributed by atoms with van der Waals surface area (Å²) < 4.78 is 226. The summed E-state index contributed by atoms with van der Waals surface area (Å²) in [4.78, 5) is 0. The molecule has 0 aliphatic heterocycles. The molecular weight excluding hydrogens is 502 g/mol. The molecule has 0 aromatic rings. The third kappa shape index (κ3) is 6.25. The van der Waals surface area contributed by atoms with Crippen molar-refractivity contribution in [3.8, 4) is 0 Å². The maximum absolute atomic E-state index is 13.0. The smallest absolute Gasteiger partial charge is 0.400 e. The molecule has 1 nitrogen and oxygen atoms in total. The Bertz CT molecular complexity index is 751. The van der Waals surface area contributed by atoms with Crippen LogP contribution in [0.5, 0.6) is 0 Å². The maximum Gasteiger partial charge on any atom is 0.445 e. The van der Waals surface area contributed by atoms with Gasteiger partial charge in [0.1, 0.15) is 0 Å². The van der Waals surface area contributed by atoms with E-state index in [1.165, 1.54) is 0 Å². The van der Waals surface area contributed by atoms with E-state index in [2.05, 4.69) is 4.74 Å². The predicted octanol–water partition coefficient (Wildman–Crippen LogP) is 7.92. The summed E-state index contributed by atoms with van der Waals surface area (Å²) in [6.07, 6.45) is -13.1. The van der Waals surface area contributed by atoms with Crippen molar-refractivity contribution < 1.29 is 83.8 Å². The maximum atomic E-state index is 13.0. The van der Waals surface area contributed by atoms with E-state index >= 15 is 0 Å². The molecule has 0 saturated carbocycles. The summed E-state index contributed by atoms with van der Waals surface area (Å²) in [5.41, 5.74) is 0. The number of alkyl halides is 10. The van der Waals surface area contributed by atoms with Crippen LogP contribution < -0.4 is 0 Å². The second kappa shape index (κ2) is 8.93. The van der Waals surface area contributed by atoms with E-state index in [9.17, 15) is 79.0 Å². The molecule has 0 aliphatic carbocycles. The molecule has 0 fully saturated rings. The van der Waals surface area contributed by atoms with Crippen molar-refractivity contribution in [3.63, 3.8) is 0 Å². The van der Waals surface area contributed by atoms with E-state index in [1.807, 2.05) is 0 Å². The topological polar surface area (TPSA) is 9.23 Å². The fourth-order valence-electron chi connectivity index (χ4n) is 1.13. The lowest BCUT2D eigenvalue weighted by molar-refractivity contribution is -0.116. The fourth-order valence-corrected chi connectivity index (χ4v) is 1.13. The van der Waals surface area contributed by atoms with E-state index in [0.29, 0.717) is 0 Å². The highest BCUT2D eigenvalue weighted by atomic mass is 19.4. The zero-order valence-electron chi connectivity index (χ0n) is 13.2. The highest BCUT2D eigenvalue weighted by Gasteiger charge is 2.54. The van der Waals surface area contributed by atoms with Gasteiger partial charge in [-0.15, -0.1) is 0 Å². The lowest BCUT2D eigenvalue weighted by Crippen LogP contribution is -2.25. The minimum atomic E-state index is -6.61. The van der Waals surface area contributed by atoms with Gasteiger partial charge < -0.3 is 4.74 Å². The summed E-state index contributed by atoms with van der Waals surface area (Å²) in [5.74, 6) is -39.4. The standard InChI is InChI=1S/C12F18O/c13-1(3(15)11(25,26)27)9(21,22)5(17)7(19)31-8(20)6(18)10(23,24)2(14)4(16)12(28,29)30. The van der Waals surface area contributed by atoms with Gasteiger partial charge in [0.2, 0.25) is 35.0 Å². The number of halogens is 18. The summed E-state index contributed by atoms with van der Waals surface area (Å²) in [7, 11) is 0. The Hall–Kier alpha value is -2.50. The normalized spacial score (nSPS) is 17.5. The average molecular weight is 502 g/mol. The van der Waals surface area contributed by atoms with Gasteiger partial charge in [0.05, 0.1) is 0 Å². The van der Waals surface area contributed by atoms with Crippen LogP contribution in [0.2, 0.25) is 0 Å². The Balaban J connectivity index is 6.29. The van der Waals surface area contributed by atoms with Gasteiger partial charge in [-0.05, 0) is 0 Å². The van der Waals surface area contributed by atoms with Gasteiger partial charge in [-0.25, -0.2) is 8.78 Å². The number of hydrogen-bond acceptors (Lipinski definition) is 1. The molecule has 0 aromatic heterocycles. The van der Waals surface area contributed by atoms with Gasteiger partial charge in [0, 0.05) is 0 Å². The zero-order chi connectivity index (χ0) is 25.3. The fraction of sp³-hybridized carbons (Fsp3) is 0.333. The van der Waals surface area contributed by atoms with E-state index in [1.54, 1.807) is 0 Å². The summed E-state index contributed by atoms with van der Waals surface area (Å²) in [6, 6.07) is -8.14. The third-order valence-corrected chi connectivity index (χ3v) is 2.51. The van der Waals surface area contributed by atoms with Gasteiger partial charge >= 0.3 is 36.2 Å². The molecule has 0 atom stereocenters. The molecule has 0 saturated heterocycles. The number of allylic oxidation sites excluding steroid dienone is 6. The molecule has 180 valence electrons. The molecule has 0 N–H and O–H groups in total. The van der Waals surface area contributed by atoms with Gasteiger partial charge in [0.15, 0.2) is 0 Å². The van der Waals surface area contributed by atoms with Crippen LogP contribution in [0.15, 0.2) is 47.0 Å². The van der Waals surface area contributed by atoms with Crippen LogP contribution in [0.3, 0.4) is 0 Å². The highest BCUT2D eigenvalue weighted by molar-refractivity contribution is 5.27. The molecule has 0 radical (unpaired) electrons. The Morgan fingerprint density at radius 3 is 0.774 bits per heavy atom. The van der Waals surface area contributed by atoms with E-state index in [0.717, 1.165) is 0 Å². The first kappa shape index (κ1) is 28.5. The molecule has 0 aliphatic rings. The van der Waals surface area contributed by atoms with Crippen LogP contribution in [-0.2, 0) is 4.74 Å². The van der Waals surface area contributed by atoms with Crippen LogP contribution in [-0.4, -0.2) is 24.2 Å². The first-order valence-electron chi connectivity index (χ1n) is 6.31. The quantitative estimate of drug-likeness (QED) is 0.265. The van der Waals surface area contributed by atoms with Crippen molar-refractivity contribution in [1.82, 2.24) is 0 Å². The molecule has 19 heteroatoms. The molecule has 31 heavy (non-hydrogen) atoms. The van der Waals surface area contributed by atoms with Crippen LogP contribution in [0.25, 0.3) is 0 Å². The molecule has 0 heterocycles. The average Bonchev–Trinajstić information content (AvgIpc) is 2.62. The summed E-state index contributed by atoms with van der Waals surface area (Å²) >= 11 is 0. The summed E-state index contributed by atoms with van der Waals surface area (Å²) in [5, 5.41) is 0. The van der Waals surface area contributed by atoms with Crippen LogP contribution in [0, 0.1) is 0 Å². The largest absolute Gasteiger partial charge is 0.445 e. The molecule has 0 bridgehead atoms. The Kier molecular flexibility index (Phi) is 8.21. The van der Waals surface area contributed by atoms with Crippen molar-refractivity contribution in [2.24, 2.45) is 0 Å². The molecular formula is C12F18O. The van der Waals surface area contributed by atoms with Gasteiger partial charge in [-0.2, -0.15) is 70.2 Å². The molecule has 0 unspecified atom stereocenters. The lowest BCUT2D eigenvalue weighted by Gasteiger charge is -2.16. The predicted molar refractivity (Wildman–Crippen MR) is 60.1 cm³/mol. The number of rotatable bonds is 6. The number of ether oxygens (including phenoxy) is 1. The third-order valence-electron chi connectivity index (χ3n) is 2.51. The van der Waals surface area contributed by atoms with Crippen molar-refractivity contribution in [2.45, 2.75) is 24.2 Å².